The van der Waals surface area contributed by atoms with Crippen LogP contribution in [0, 0.1) is 5.82 Å². The number of hydrogen-bond donors (Lipinski definition) is 1. The van der Waals surface area contributed by atoms with E-state index in [1.165, 1.54) is 12.1 Å². The van der Waals surface area contributed by atoms with E-state index >= 15 is 0 Å². The number of alkyl halides is 3. The summed E-state index contributed by atoms with van der Waals surface area (Å²) in [4.78, 5) is 41.0. The van der Waals surface area contributed by atoms with E-state index in [0.29, 0.717) is 21.8 Å². The summed E-state index contributed by atoms with van der Waals surface area (Å²) in [5, 5.41) is 8.17. The van der Waals surface area contributed by atoms with Crippen molar-refractivity contribution >= 4 is 17.9 Å². The summed E-state index contributed by atoms with van der Waals surface area (Å²) < 4.78 is 62.0. The number of piperidine rings is 1. The van der Waals surface area contributed by atoms with Gasteiger partial charge in [-0.2, -0.15) is 18.3 Å². The first-order valence-electron chi connectivity index (χ1n) is 14.5. The molecule has 3 atom stereocenters. The van der Waals surface area contributed by atoms with Crippen LogP contribution in [-0.4, -0.2) is 62.8 Å². The average Bonchev–Trinajstić information content (AvgIpc) is 3.70. The summed E-state index contributed by atoms with van der Waals surface area (Å²) in [7, 11) is 0. The third-order valence-corrected chi connectivity index (χ3v) is 8.69. The van der Waals surface area contributed by atoms with Crippen LogP contribution >= 0.6 is 0 Å². The predicted molar refractivity (Wildman–Crippen MR) is 149 cm³/mol. The highest BCUT2D eigenvalue weighted by molar-refractivity contribution is 6.06. The zero-order chi connectivity index (χ0) is 31.2. The number of hydrogen-bond acceptors (Lipinski definition) is 6. The maximum Gasteiger partial charge on any atom is 0.418 e. The minimum atomic E-state index is -4.78. The van der Waals surface area contributed by atoms with Gasteiger partial charge >= 0.3 is 12.3 Å². The second-order valence-electron chi connectivity index (χ2n) is 11.5. The van der Waals surface area contributed by atoms with Crippen LogP contribution in [0.25, 0.3) is 11.3 Å². The number of ether oxygens (including phenoxy) is 1. The molecule has 9 nitrogen and oxygen atoms in total. The Labute approximate surface area is 250 Å². The third-order valence-electron chi connectivity index (χ3n) is 8.69. The molecule has 2 unspecified atom stereocenters. The first kappa shape index (κ1) is 29.8. The molecule has 1 N–H and O–H groups in total. The summed E-state index contributed by atoms with van der Waals surface area (Å²) in [5.74, 6) is -2.48. The molecule has 1 aromatic heterocycles. The van der Waals surface area contributed by atoms with Crippen LogP contribution in [0.5, 0.6) is 0 Å². The van der Waals surface area contributed by atoms with E-state index in [4.69, 9.17) is 9.84 Å². The number of halogens is 4. The predicted octanol–water partition coefficient (Wildman–Crippen LogP) is 5.06. The van der Waals surface area contributed by atoms with Crippen molar-refractivity contribution in [2.24, 2.45) is 0 Å². The molecule has 2 aromatic carbocycles. The van der Waals surface area contributed by atoms with Gasteiger partial charge in [0, 0.05) is 30.3 Å². The maximum atomic E-state index is 13.7. The van der Waals surface area contributed by atoms with Gasteiger partial charge in [-0.25, -0.2) is 14.1 Å². The Balaban J connectivity index is 1.21. The summed E-state index contributed by atoms with van der Waals surface area (Å²) in [6, 6.07) is 9.76. The molecule has 1 spiro atoms. The quantitative estimate of drug-likeness (QED) is 0.375. The Bertz CT molecular complexity index is 1580. The Morgan fingerprint density at radius 3 is 2.64 bits per heavy atom. The van der Waals surface area contributed by atoms with E-state index in [1.54, 1.807) is 12.1 Å². The summed E-state index contributed by atoms with van der Waals surface area (Å²) in [6.07, 6.45) is -0.0364. The number of aryl methyl sites for hydroxylation is 1. The standard InChI is InChI=1S/C31H31F4N5O4/c1-19(31(33,34)35)38(17-20-5-8-23(32)9-6-20)27(41)18-39-28(42)30(44-29(39)43)13-11-21-16-22(7-10-24(21)30)25-12-15-40(37-25)26-4-2-3-14-36-26/h5-10,12,15-16,19,26,36H,2-4,11,13-14,17-18H2,1H3/t19?,26?,30-/m1/s1. The molecular weight excluding hydrogens is 582 g/mol. The lowest BCUT2D eigenvalue weighted by Crippen LogP contribution is -2.51. The van der Waals surface area contributed by atoms with Crippen molar-refractivity contribution in [2.45, 2.75) is 69.6 Å². The monoisotopic (exact) mass is 613 g/mol. The highest BCUT2D eigenvalue weighted by Crippen LogP contribution is 2.46. The smallest absolute Gasteiger partial charge is 0.418 e. The summed E-state index contributed by atoms with van der Waals surface area (Å²) >= 11 is 0. The van der Waals surface area contributed by atoms with Gasteiger partial charge in [0.25, 0.3) is 5.91 Å². The zero-order valence-corrected chi connectivity index (χ0v) is 23.9. The first-order chi connectivity index (χ1) is 21.0. The first-order valence-corrected chi connectivity index (χ1v) is 14.5. The minimum absolute atomic E-state index is 0.130. The Morgan fingerprint density at radius 2 is 1.93 bits per heavy atom. The summed E-state index contributed by atoms with van der Waals surface area (Å²) in [6.45, 7) is 0.317. The lowest BCUT2D eigenvalue weighted by molar-refractivity contribution is -0.187. The number of aromatic nitrogens is 2. The van der Waals surface area contributed by atoms with Crippen molar-refractivity contribution in [2.75, 3.05) is 13.1 Å². The van der Waals surface area contributed by atoms with Gasteiger partial charge in [0.1, 0.15) is 24.6 Å². The second-order valence-corrected chi connectivity index (χ2v) is 11.5. The fourth-order valence-electron chi connectivity index (χ4n) is 6.17. The van der Waals surface area contributed by atoms with Crippen LogP contribution in [0.15, 0.2) is 54.7 Å². The van der Waals surface area contributed by atoms with Crippen molar-refractivity contribution < 1.29 is 36.7 Å². The molecule has 1 aliphatic carbocycles. The SMILES string of the molecule is CC(N(Cc1ccc(F)cc1)C(=O)CN1C(=O)O[C@@]2(CCc3cc(-c4ccn(C5CCCCN5)n4)ccc32)C1=O)C(F)(F)F. The molecule has 0 radical (unpaired) electrons. The van der Waals surface area contributed by atoms with Gasteiger partial charge < -0.3 is 9.64 Å². The van der Waals surface area contributed by atoms with Crippen LogP contribution in [-0.2, 0) is 32.9 Å². The molecule has 13 heteroatoms. The number of benzene rings is 2. The number of carbonyl (C=O) groups excluding carboxylic acids is 3. The average molecular weight is 614 g/mol. The van der Waals surface area contributed by atoms with E-state index in [9.17, 15) is 31.9 Å². The van der Waals surface area contributed by atoms with E-state index in [-0.39, 0.29) is 18.2 Å². The fraction of sp³-hybridized carbons (Fsp3) is 0.419. The molecule has 44 heavy (non-hydrogen) atoms. The molecule has 2 fully saturated rings. The summed E-state index contributed by atoms with van der Waals surface area (Å²) in [5.41, 5.74) is 1.44. The van der Waals surface area contributed by atoms with Crippen LogP contribution in [0.1, 0.15) is 55.5 Å². The van der Waals surface area contributed by atoms with Crippen molar-refractivity contribution in [1.82, 2.24) is 24.9 Å². The van der Waals surface area contributed by atoms with Gasteiger partial charge in [-0.05, 0) is 74.5 Å². The molecule has 0 bridgehead atoms. The third kappa shape index (κ3) is 5.44. The number of carbonyl (C=O) groups is 3. The second kappa shape index (κ2) is 11.3. The molecule has 3 heterocycles. The van der Waals surface area contributed by atoms with E-state index in [2.05, 4.69) is 5.32 Å². The Morgan fingerprint density at radius 1 is 1.16 bits per heavy atom. The number of rotatable bonds is 7. The Kier molecular flexibility index (Phi) is 7.68. The van der Waals surface area contributed by atoms with Crippen molar-refractivity contribution in [1.29, 1.82) is 0 Å². The molecule has 3 aliphatic rings. The molecule has 6 rings (SSSR count). The lowest BCUT2D eigenvalue weighted by Gasteiger charge is -2.31. The van der Waals surface area contributed by atoms with Crippen molar-refractivity contribution in [3.63, 3.8) is 0 Å². The van der Waals surface area contributed by atoms with E-state index in [1.807, 2.05) is 23.0 Å². The van der Waals surface area contributed by atoms with Crippen LogP contribution in [0.2, 0.25) is 0 Å². The fourth-order valence-corrected chi connectivity index (χ4v) is 6.17. The van der Waals surface area contributed by atoms with Crippen LogP contribution in [0.4, 0.5) is 22.4 Å². The number of nitrogens with one attached hydrogen (secondary N) is 1. The molecule has 2 saturated heterocycles. The minimum Gasteiger partial charge on any atom is -0.427 e. The Hall–Kier alpha value is -4.26. The number of amides is 3. The molecule has 232 valence electrons. The van der Waals surface area contributed by atoms with Gasteiger partial charge in [-0.3, -0.25) is 19.6 Å². The molecule has 3 amide bonds. The van der Waals surface area contributed by atoms with Crippen molar-refractivity contribution in [3.05, 3.63) is 77.2 Å². The number of nitrogens with zero attached hydrogens (tertiary/aromatic N) is 4. The molecular formula is C31H31F4N5O4. The van der Waals surface area contributed by atoms with E-state index in [0.717, 1.165) is 61.7 Å². The molecule has 3 aromatic rings. The highest BCUT2D eigenvalue weighted by atomic mass is 19.4. The maximum absolute atomic E-state index is 13.7. The lowest BCUT2D eigenvalue weighted by atomic mass is 9.93. The van der Waals surface area contributed by atoms with Gasteiger partial charge in [-0.1, -0.05) is 24.3 Å². The van der Waals surface area contributed by atoms with Gasteiger partial charge in [0.2, 0.25) is 11.5 Å². The van der Waals surface area contributed by atoms with Gasteiger partial charge in [0.05, 0.1) is 5.69 Å². The van der Waals surface area contributed by atoms with Crippen LogP contribution < -0.4 is 5.32 Å². The number of imide groups is 1. The van der Waals surface area contributed by atoms with Crippen molar-refractivity contribution in [3.8, 4) is 11.3 Å². The topological polar surface area (TPSA) is 96.8 Å². The van der Waals surface area contributed by atoms with Gasteiger partial charge in [0.15, 0.2) is 0 Å². The number of fused-ring (bicyclic) bond motifs is 2. The van der Waals surface area contributed by atoms with Gasteiger partial charge in [-0.15, -0.1) is 0 Å². The normalized spacial score (nSPS) is 22.3. The molecule has 2 aliphatic heterocycles. The highest BCUT2D eigenvalue weighted by Gasteiger charge is 2.58. The largest absolute Gasteiger partial charge is 0.427 e. The van der Waals surface area contributed by atoms with Crippen LogP contribution in [0.3, 0.4) is 0 Å². The van der Waals surface area contributed by atoms with E-state index < -0.39 is 54.6 Å². The molecule has 0 saturated carbocycles. The zero-order valence-electron chi connectivity index (χ0n) is 23.9.